The van der Waals surface area contributed by atoms with Crippen LogP contribution in [0.3, 0.4) is 0 Å². The van der Waals surface area contributed by atoms with Crippen LogP contribution in [-0.2, 0) is 17.0 Å². The number of carbonyl (C=O) groups excluding carboxylic acids is 1. The Balaban J connectivity index is 2.87. The highest BCUT2D eigenvalue weighted by Gasteiger charge is 2.09. The van der Waals surface area contributed by atoms with E-state index < -0.39 is 0 Å². The average Bonchev–Trinajstić information content (AvgIpc) is 2.36. The van der Waals surface area contributed by atoms with Gasteiger partial charge in [-0.2, -0.15) is 0 Å². The Morgan fingerprint density at radius 3 is 2.76 bits per heavy atom. The Hall–Kier alpha value is -0.540. The van der Waals surface area contributed by atoms with Crippen molar-refractivity contribution in [3.63, 3.8) is 0 Å². The molecule has 0 N–H and O–H groups in total. The van der Waals surface area contributed by atoms with Crippen LogP contribution in [0.25, 0.3) is 0 Å². The Bertz CT molecular complexity index is 380. The number of ether oxygens (including phenoxy) is 1. The lowest BCUT2D eigenvalue weighted by atomic mass is 10.0. The van der Waals surface area contributed by atoms with E-state index in [1.54, 1.807) is 13.0 Å². The number of rotatable bonds is 6. The molecule has 17 heavy (non-hydrogen) atoms. The highest BCUT2D eigenvalue weighted by molar-refractivity contribution is 9.09. The second-order valence-corrected chi connectivity index (χ2v) is 4.69. The maximum absolute atomic E-state index is 11.6. The van der Waals surface area contributed by atoms with E-state index in [0.29, 0.717) is 18.1 Å². The van der Waals surface area contributed by atoms with E-state index in [0.717, 1.165) is 23.7 Å². The second-order valence-electron chi connectivity index (χ2n) is 3.63. The van der Waals surface area contributed by atoms with Crippen molar-refractivity contribution in [2.24, 2.45) is 0 Å². The van der Waals surface area contributed by atoms with Crippen molar-refractivity contribution < 1.29 is 9.53 Å². The molecule has 0 saturated carbocycles. The van der Waals surface area contributed by atoms with Gasteiger partial charge in [0.1, 0.15) is 0 Å². The molecule has 0 radical (unpaired) electrons. The molecular formula is C13H16BrClO2. The Morgan fingerprint density at radius 1 is 1.41 bits per heavy atom. The number of hydrogen-bond donors (Lipinski definition) is 0. The smallest absolute Gasteiger partial charge is 0.338 e. The van der Waals surface area contributed by atoms with Gasteiger partial charge in [0.15, 0.2) is 0 Å². The SMILES string of the molecule is CCOC(=O)c1ccc(CCCBr)c(CCl)c1. The van der Waals surface area contributed by atoms with Gasteiger partial charge in [0.05, 0.1) is 12.2 Å². The van der Waals surface area contributed by atoms with Gasteiger partial charge in [0.25, 0.3) is 0 Å². The quantitative estimate of drug-likeness (QED) is 0.586. The number of hydrogen-bond acceptors (Lipinski definition) is 2. The Morgan fingerprint density at radius 2 is 2.18 bits per heavy atom. The summed E-state index contributed by atoms with van der Waals surface area (Å²) in [7, 11) is 0. The zero-order chi connectivity index (χ0) is 12.7. The summed E-state index contributed by atoms with van der Waals surface area (Å²) in [4.78, 5) is 11.6. The summed E-state index contributed by atoms with van der Waals surface area (Å²) in [5.41, 5.74) is 2.79. The summed E-state index contributed by atoms with van der Waals surface area (Å²) in [6.45, 7) is 2.19. The van der Waals surface area contributed by atoms with Crippen LogP contribution in [0.5, 0.6) is 0 Å². The van der Waals surface area contributed by atoms with Crippen molar-refractivity contribution >= 4 is 33.5 Å². The van der Waals surface area contributed by atoms with Crippen molar-refractivity contribution in [1.29, 1.82) is 0 Å². The fraction of sp³-hybridized carbons (Fsp3) is 0.462. The van der Waals surface area contributed by atoms with E-state index in [9.17, 15) is 4.79 Å². The molecule has 0 aliphatic rings. The molecule has 94 valence electrons. The molecule has 0 aliphatic heterocycles. The van der Waals surface area contributed by atoms with Gasteiger partial charge in [-0.05, 0) is 43.0 Å². The summed E-state index contributed by atoms with van der Waals surface area (Å²) < 4.78 is 4.96. The van der Waals surface area contributed by atoms with Crippen LogP contribution in [0.4, 0.5) is 0 Å². The van der Waals surface area contributed by atoms with Gasteiger partial charge in [-0.1, -0.05) is 22.0 Å². The van der Waals surface area contributed by atoms with Crippen LogP contribution in [0.2, 0.25) is 0 Å². The first-order chi connectivity index (χ1) is 8.22. The normalized spacial score (nSPS) is 10.3. The van der Waals surface area contributed by atoms with Crippen LogP contribution in [0, 0.1) is 0 Å². The van der Waals surface area contributed by atoms with E-state index in [1.807, 2.05) is 12.1 Å². The number of alkyl halides is 2. The van der Waals surface area contributed by atoms with Gasteiger partial charge < -0.3 is 4.74 Å². The first-order valence-corrected chi connectivity index (χ1v) is 7.29. The van der Waals surface area contributed by atoms with Crippen LogP contribution < -0.4 is 0 Å². The molecule has 1 rings (SSSR count). The summed E-state index contributed by atoms with van der Waals surface area (Å²) >= 11 is 9.31. The highest BCUT2D eigenvalue weighted by Crippen LogP contribution is 2.17. The zero-order valence-electron chi connectivity index (χ0n) is 9.84. The van der Waals surface area contributed by atoms with E-state index in [1.165, 1.54) is 5.56 Å². The lowest BCUT2D eigenvalue weighted by Crippen LogP contribution is -2.06. The fourth-order valence-electron chi connectivity index (χ4n) is 1.59. The topological polar surface area (TPSA) is 26.3 Å². The molecular weight excluding hydrogens is 303 g/mol. The number of benzene rings is 1. The maximum atomic E-state index is 11.6. The van der Waals surface area contributed by atoms with Crippen LogP contribution in [0.15, 0.2) is 18.2 Å². The molecule has 4 heteroatoms. The van der Waals surface area contributed by atoms with Crippen molar-refractivity contribution in [2.75, 3.05) is 11.9 Å². The fourth-order valence-corrected chi connectivity index (χ4v) is 2.12. The molecule has 0 amide bonds. The van der Waals surface area contributed by atoms with Crippen LogP contribution >= 0.6 is 27.5 Å². The number of carbonyl (C=O) groups is 1. The predicted octanol–water partition coefficient (Wildman–Crippen LogP) is 3.93. The van der Waals surface area contributed by atoms with Gasteiger partial charge in [-0.25, -0.2) is 4.79 Å². The zero-order valence-corrected chi connectivity index (χ0v) is 12.2. The van der Waals surface area contributed by atoms with Crippen molar-refractivity contribution in [1.82, 2.24) is 0 Å². The van der Waals surface area contributed by atoms with Crippen LogP contribution in [0.1, 0.15) is 34.8 Å². The second kappa shape index (κ2) is 7.72. The summed E-state index contributed by atoms with van der Waals surface area (Å²) in [6, 6.07) is 5.60. The molecule has 0 bridgehead atoms. The monoisotopic (exact) mass is 318 g/mol. The van der Waals surface area contributed by atoms with E-state index in [-0.39, 0.29) is 5.97 Å². The number of aryl methyl sites for hydroxylation is 1. The van der Waals surface area contributed by atoms with E-state index in [2.05, 4.69) is 15.9 Å². The first kappa shape index (κ1) is 14.5. The summed E-state index contributed by atoms with van der Waals surface area (Å²) in [5, 5.41) is 0.967. The molecule has 0 saturated heterocycles. The molecule has 0 unspecified atom stereocenters. The summed E-state index contributed by atoms with van der Waals surface area (Å²) in [6.07, 6.45) is 2.03. The Kier molecular flexibility index (Phi) is 6.60. The lowest BCUT2D eigenvalue weighted by Gasteiger charge is -2.09. The van der Waals surface area contributed by atoms with Gasteiger partial charge in [0, 0.05) is 11.2 Å². The Labute approximate surface area is 115 Å². The number of esters is 1. The molecule has 1 aromatic carbocycles. The van der Waals surface area contributed by atoms with Gasteiger partial charge in [0.2, 0.25) is 0 Å². The molecule has 0 aliphatic carbocycles. The van der Waals surface area contributed by atoms with Crippen molar-refractivity contribution in [2.45, 2.75) is 25.6 Å². The molecule has 0 aromatic heterocycles. The van der Waals surface area contributed by atoms with E-state index >= 15 is 0 Å². The van der Waals surface area contributed by atoms with Crippen molar-refractivity contribution in [3.8, 4) is 0 Å². The van der Waals surface area contributed by atoms with Gasteiger partial charge in [-0.3, -0.25) is 0 Å². The minimum absolute atomic E-state index is 0.286. The maximum Gasteiger partial charge on any atom is 0.338 e. The number of halogens is 2. The molecule has 0 atom stereocenters. The van der Waals surface area contributed by atoms with E-state index in [4.69, 9.17) is 16.3 Å². The predicted molar refractivity (Wildman–Crippen MR) is 74.1 cm³/mol. The molecule has 0 fully saturated rings. The van der Waals surface area contributed by atoms with Gasteiger partial charge in [-0.15, -0.1) is 11.6 Å². The average molecular weight is 320 g/mol. The lowest BCUT2D eigenvalue weighted by molar-refractivity contribution is 0.0526. The molecule has 0 spiro atoms. The van der Waals surface area contributed by atoms with Gasteiger partial charge >= 0.3 is 5.97 Å². The highest BCUT2D eigenvalue weighted by atomic mass is 79.9. The minimum Gasteiger partial charge on any atom is -0.462 e. The first-order valence-electron chi connectivity index (χ1n) is 5.63. The molecule has 2 nitrogen and oxygen atoms in total. The molecule has 0 heterocycles. The summed E-state index contributed by atoms with van der Waals surface area (Å²) in [5.74, 6) is 0.135. The molecule has 1 aromatic rings. The standard InChI is InChI=1S/C13H16BrClO2/c1-2-17-13(16)11-6-5-10(4-3-7-14)12(8-11)9-15/h5-6,8H,2-4,7,9H2,1H3. The third-order valence-corrected chi connectivity index (χ3v) is 3.29. The van der Waals surface area contributed by atoms with Crippen molar-refractivity contribution in [3.05, 3.63) is 34.9 Å². The minimum atomic E-state index is -0.286. The van der Waals surface area contributed by atoms with Crippen LogP contribution in [-0.4, -0.2) is 17.9 Å². The third-order valence-electron chi connectivity index (χ3n) is 2.44. The third kappa shape index (κ3) is 4.32. The largest absolute Gasteiger partial charge is 0.462 e.